The van der Waals surface area contributed by atoms with Gasteiger partial charge in [0, 0.05) is 5.41 Å². The minimum absolute atomic E-state index is 0.148. The van der Waals surface area contributed by atoms with Crippen LogP contribution >= 0.6 is 0 Å². The van der Waals surface area contributed by atoms with Crippen molar-refractivity contribution in [3.8, 4) is 23.0 Å². The molecule has 0 bridgehead atoms. The monoisotopic (exact) mass is 634 g/mol. The highest BCUT2D eigenvalue weighted by molar-refractivity contribution is 5.55. The Labute approximate surface area is 284 Å². The molecular formula is C43H58N2O2. The quantitative estimate of drug-likeness (QED) is 0.0666. The van der Waals surface area contributed by atoms with Crippen LogP contribution in [0.15, 0.2) is 97.1 Å². The Bertz CT molecular complexity index is 1340. The molecule has 0 saturated carbocycles. The van der Waals surface area contributed by atoms with Crippen LogP contribution in [0.1, 0.15) is 128 Å². The van der Waals surface area contributed by atoms with E-state index >= 15 is 0 Å². The minimum atomic E-state index is -0.148. The highest BCUT2D eigenvalue weighted by Gasteiger charge is 2.28. The summed E-state index contributed by atoms with van der Waals surface area (Å²) in [4.78, 5) is 0. The van der Waals surface area contributed by atoms with Gasteiger partial charge in [-0.05, 0) is 66.1 Å². The van der Waals surface area contributed by atoms with Gasteiger partial charge in [-0.1, -0.05) is 159 Å². The number of ether oxygens (including phenoxy) is 2. The van der Waals surface area contributed by atoms with Gasteiger partial charge in [0.1, 0.15) is 23.0 Å². The number of anilines is 2. The molecule has 0 amide bonds. The number of rotatable bonds is 22. The zero-order valence-corrected chi connectivity index (χ0v) is 29.0. The zero-order valence-electron chi connectivity index (χ0n) is 29.0. The molecule has 0 saturated heterocycles. The lowest BCUT2D eigenvalue weighted by molar-refractivity contribution is 0.462. The summed E-state index contributed by atoms with van der Waals surface area (Å²) < 4.78 is 12.2. The molecule has 4 nitrogen and oxygen atoms in total. The predicted octanol–water partition coefficient (Wildman–Crippen LogP) is 13.0. The number of nitrogens with two attached hydrogens (primary N) is 2. The van der Waals surface area contributed by atoms with Crippen molar-refractivity contribution in [3.63, 3.8) is 0 Å². The molecule has 0 fully saturated rings. The Balaban J connectivity index is 1.31. The Morgan fingerprint density at radius 2 is 0.787 bits per heavy atom. The second-order valence-electron chi connectivity index (χ2n) is 13.4. The van der Waals surface area contributed by atoms with Gasteiger partial charge >= 0.3 is 0 Å². The number of unbranched alkanes of at least 4 members (excludes halogenated alkanes) is 14. The lowest BCUT2D eigenvalue weighted by Gasteiger charge is -2.31. The first-order chi connectivity index (χ1) is 23.0. The molecule has 252 valence electrons. The van der Waals surface area contributed by atoms with Crippen LogP contribution in [-0.2, 0) is 5.41 Å². The zero-order chi connectivity index (χ0) is 33.2. The van der Waals surface area contributed by atoms with Crippen LogP contribution in [0.4, 0.5) is 11.4 Å². The van der Waals surface area contributed by atoms with Gasteiger partial charge in [-0.2, -0.15) is 0 Å². The minimum Gasteiger partial charge on any atom is -0.455 e. The maximum atomic E-state index is 6.12. The van der Waals surface area contributed by atoms with Crippen LogP contribution in [0.3, 0.4) is 0 Å². The van der Waals surface area contributed by atoms with Gasteiger partial charge in [0.05, 0.1) is 11.4 Å². The van der Waals surface area contributed by atoms with Crippen molar-refractivity contribution >= 4 is 11.4 Å². The summed E-state index contributed by atoms with van der Waals surface area (Å²) in [5.74, 6) is 2.92. The molecule has 4 N–H and O–H groups in total. The van der Waals surface area contributed by atoms with Crippen molar-refractivity contribution in [2.24, 2.45) is 0 Å². The van der Waals surface area contributed by atoms with E-state index in [9.17, 15) is 0 Å². The van der Waals surface area contributed by atoms with Gasteiger partial charge < -0.3 is 20.9 Å². The van der Waals surface area contributed by atoms with E-state index in [-0.39, 0.29) is 5.41 Å². The van der Waals surface area contributed by atoms with Gasteiger partial charge in [0.2, 0.25) is 0 Å². The van der Waals surface area contributed by atoms with Crippen LogP contribution in [-0.4, -0.2) is 0 Å². The van der Waals surface area contributed by atoms with Gasteiger partial charge in [-0.3, -0.25) is 0 Å². The maximum Gasteiger partial charge on any atom is 0.150 e. The summed E-state index contributed by atoms with van der Waals surface area (Å²) in [6.07, 6.45) is 21.6. The van der Waals surface area contributed by atoms with Gasteiger partial charge in [-0.15, -0.1) is 0 Å². The molecule has 4 aromatic rings. The lowest BCUT2D eigenvalue weighted by atomic mass is 9.72. The van der Waals surface area contributed by atoms with Crippen LogP contribution in [0.25, 0.3) is 0 Å². The first-order valence-electron chi connectivity index (χ1n) is 18.3. The van der Waals surface area contributed by atoms with Crippen molar-refractivity contribution in [3.05, 3.63) is 108 Å². The number of nitrogen functional groups attached to an aromatic ring is 2. The van der Waals surface area contributed by atoms with Crippen molar-refractivity contribution in [2.75, 3.05) is 11.5 Å². The maximum absolute atomic E-state index is 6.12. The van der Waals surface area contributed by atoms with Crippen LogP contribution in [0, 0.1) is 0 Å². The molecule has 0 atom stereocenters. The fraction of sp³-hybridized carbons (Fsp3) is 0.442. The molecule has 4 rings (SSSR count). The molecule has 0 aliphatic heterocycles. The highest BCUT2D eigenvalue weighted by Crippen LogP contribution is 2.40. The molecule has 0 aliphatic rings. The predicted molar refractivity (Wildman–Crippen MR) is 201 cm³/mol. The molecule has 0 aliphatic carbocycles. The molecule has 47 heavy (non-hydrogen) atoms. The third kappa shape index (κ3) is 11.7. The summed E-state index contributed by atoms with van der Waals surface area (Å²) in [6, 6.07) is 32.3. The number of benzene rings is 4. The van der Waals surface area contributed by atoms with E-state index < -0.39 is 0 Å². The number of para-hydroxylation sites is 4. The standard InChI is InChI=1S/C43H58N2O2/c1-3-4-5-6-7-8-9-10-11-12-13-14-15-16-21-34-43(2,35-26-30-37(31-27-35)46-41-24-19-17-22-39(41)44)36-28-32-38(33-29-36)47-42-25-20-18-23-40(42)45/h17-20,22-33H,3-16,21,34,44-45H2,1-2H3. The van der Waals surface area contributed by atoms with E-state index in [0.29, 0.717) is 22.9 Å². The van der Waals surface area contributed by atoms with Crippen LogP contribution < -0.4 is 20.9 Å². The Kier molecular flexibility index (Phi) is 15.0. The molecular weight excluding hydrogens is 576 g/mol. The van der Waals surface area contributed by atoms with Crippen molar-refractivity contribution < 1.29 is 9.47 Å². The average molecular weight is 635 g/mol. The fourth-order valence-corrected chi connectivity index (χ4v) is 6.49. The molecule has 4 heteroatoms. The molecule has 0 radical (unpaired) electrons. The number of hydrogen-bond donors (Lipinski definition) is 2. The first-order valence-corrected chi connectivity index (χ1v) is 18.3. The number of hydrogen-bond acceptors (Lipinski definition) is 4. The van der Waals surface area contributed by atoms with Crippen molar-refractivity contribution in [2.45, 2.75) is 122 Å². The topological polar surface area (TPSA) is 70.5 Å². The second-order valence-corrected chi connectivity index (χ2v) is 13.4. The molecule has 0 spiro atoms. The van der Waals surface area contributed by atoms with Crippen molar-refractivity contribution in [1.29, 1.82) is 0 Å². The third-order valence-corrected chi connectivity index (χ3v) is 9.56. The van der Waals surface area contributed by atoms with Gasteiger partial charge in [-0.25, -0.2) is 0 Å². The van der Waals surface area contributed by atoms with E-state index in [1.165, 1.54) is 107 Å². The molecule has 0 unspecified atom stereocenters. The summed E-state index contributed by atoms with van der Waals surface area (Å²) in [5.41, 5.74) is 15.9. The molecule has 0 heterocycles. The Morgan fingerprint density at radius 1 is 0.447 bits per heavy atom. The highest BCUT2D eigenvalue weighted by atomic mass is 16.5. The first kappa shape index (κ1) is 35.9. The van der Waals surface area contributed by atoms with Crippen LogP contribution in [0.2, 0.25) is 0 Å². The fourth-order valence-electron chi connectivity index (χ4n) is 6.49. The lowest BCUT2D eigenvalue weighted by Crippen LogP contribution is -2.23. The van der Waals surface area contributed by atoms with Gasteiger partial charge in [0.15, 0.2) is 0 Å². The van der Waals surface area contributed by atoms with Gasteiger partial charge in [0.25, 0.3) is 0 Å². The summed E-state index contributed by atoms with van der Waals surface area (Å²) >= 11 is 0. The van der Waals surface area contributed by atoms with E-state index in [0.717, 1.165) is 17.9 Å². The normalized spacial score (nSPS) is 11.4. The summed E-state index contributed by atoms with van der Waals surface area (Å²) in [7, 11) is 0. The third-order valence-electron chi connectivity index (χ3n) is 9.56. The average Bonchev–Trinajstić information content (AvgIpc) is 3.09. The smallest absolute Gasteiger partial charge is 0.150 e. The largest absolute Gasteiger partial charge is 0.455 e. The second kappa shape index (κ2) is 19.7. The van der Waals surface area contributed by atoms with E-state index in [4.69, 9.17) is 20.9 Å². The Hall–Kier alpha value is -3.92. The van der Waals surface area contributed by atoms with E-state index in [1.54, 1.807) is 0 Å². The SMILES string of the molecule is CCCCCCCCCCCCCCCCCC(C)(c1ccc(Oc2ccccc2N)cc1)c1ccc(Oc2ccccc2N)cc1. The summed E-state index contributed by atoms with van der Waals surface area (Å²) in [5, 5.41) is 0. The van der Waals surface area contributed by atoms with Crippen molar-refractivity contribution in [1.82, 2.24) is 0 Å². The van der Waals surface area contributed by atoms with E-state index in [1.807, 2.05) is 48.5 Å². The van der Waals surface area contributed by atoms with Crippen LogP contribution in [0.5, 0.6) is 23.0 Å². The summed E-state index contributed by atoms with van der Waals surface area (Å²) in [6.45, 7) is 4.66. The molecule has 4 aromatic carbocycles. The Morgan fingerprint density at radius 3 is 1.15 bits per heavy atom. The van der Waals surface area contributed by atoms with E-state index in [2.05, 4.69) is 62.4 Å². The molecule has 0 aromatic heterocycles.